The molecule has 16 heavy (non-hydrogen) atoms. The topological polar surface area (TPSA) is 12.0 Å². The van der Waals surface area contributed by atoms with Crippen LogP contribution in [-0.4, -0.2) is 13.1 Å². The Kier molecular flexibility index (Phi) is 2.25. The second kappa shape index (κ2) is 3.52. The molecule has 1 saturated carbocycles. The number of benzene rings is 1. The molecule has 3 heteroatoms. The van der Waals surface area contributed by atoms with Crippen molar-refractivity contribution in [3.05, 3.63) is 35.4 Å². The van der Waals surface area contributed by atoms with Gasteiger partial charge in [-0.1, -0.05) is 6.07 Å². The summed E-state index contributed by atoms with van der Waals surface area (Å²) in [7, 11) is 0. The summed E-state index contributed by atoms with van der Waals surface area (Å²) >= 11 is 0. The van der Waals surface area contributed by atoms with Gasteiger partial charge in [0, 0.05) is 19.2 Å². The lowest BCUT2D eigenvalue weighted by molar-refractivity contribution is 0.000551. The van der Waals surface area contributed by atoms with Gasteiger partial charge in [-0.25, -0.2) is 8.78 Å². The van der Waals surface area contributed by atoms with Crippen LogP contribution in [0, 0.1) is 23.0 Å². The molecule has 0 aromatic heterocycles. The third kappa shape index (κ3) is 1.63. The minimum Gasteiger partial charge on any atom is -0.316 e. The highest BCUT2D eigenvalue weighted by Crippen LogP contribution is 2.49. The Bertz CT molecular complexity index is 404. The molecule has 1 aromatic carbocycles. The molecule has 0 radical (unpaired) electrons. The molecule has 0 atom stereocenters. The van der Waals surface area contributed by atoms with Gasteiger partial charge in [0.1, 0.15) is 11.6 Å². The minimum atomic E-state index is -0.491. The molecule has 1 saturated heterocycles. The Morgan fingerprint density at radius 3 is 2.56 bits per heavy atom. The van der Waals surface area contributed by atoms with E-state index in [-0.39, 0.29) is 0 Å². The van der Waals surface area contributed by atoms with Crippen molar-refractivity contribution in [2.45, 2.75) is 19.3 Å². The average molecular weight is 223 g/mol. The molecular formula is C13H15F2N. The number of nitrogens with one attached hydrogen (secondary N) is 1. The first-order valence-corrected chi connectivity index (χ1v) is 5.82. The minimum absolute atomic E-state index is 0.396. The Labute approximate surface area is 93.9 Å². The van der Waals surface area contributed by atoms with Crippen molar-refractivity contribution < 1.29 is 8.78 Å². The summed E-state index contributed by atoms with van der Waals surface area (Å²) in [5, 5.41) is 3.28. The van der Waals surface area contributed by atoms with Gasteiger partial charge in [0.25, 0.3) is 0 Å². The number of hydrogen-bond donors (Lipinski definition) is 1. The van der Waals surface area contributed by atoms with Crippen LogP contribution >= 0.6 is 0 Å². The van der Waals surface area contributed by atoms with Gasteiger partial charge in [0.05, 0.1) is 0 Å². The normalized spacial score (nSPS) is 22.9. The van der Waals surface area contributed by atoms with E-state index >= 15 is 0 Å². The van der Waals surface area contributed by atoms with Crippen LogP contribution < -0.4 is 5.32 Å². The van der Waals surface area contributed by atoms with Gasteiger partial charge < -0.3 is 5.32 Å². The fraction of sp³-hybridized carbons (Fsp3) is 0.538. The van der Waals surface area contributed by atoms with Crippen molar-refractivity contribution in [2.75, 3.05) is 13.1 Å². The predicted octanol–water partition coefficient (Wildman–Crippen LogP) is 2.51. The smallest absolute Gasteiger partial charge is 0.129 e. The molecule has 1 spiro atoms. The summed E-state index contributed by atoms with van der Waals surface area (Å²) in [6.45, 7) is 2.24. The average Bonchev–Trinajstić information content (AvgIpc) is 2.10. The maximum Gasteiger partial charge on any atom is 0.129 e. The van der Waals surface area contributed by atoms with Crippen molar-refractivity contribution in [3.8, 4) is 0 Å². The van der Waals surface area contributed by atoms with E-state index in [2.05, 4.69) is 5.32 Å². The maximum absolute atomic E-state index is 13.4. The van der Waals surface area contributed by atoms with E-state index in [1.165, 1.54) is 18.9 Å². The van der Waals surface area contributed by atoms with Gasteiger partial charge in [0.2, 0.25) is 0 Å². The fourth-order valence-corrected chi connectivity index (χ4v) is 3.07. The van der Waals surface area contributed by atoms with Crippen molar-refractivity contribution in [1.29, 1.82) is 0 Å². The van der Waals surface area contributed by atoms with Gasteiger partial charge >= 0.3 is 0 Å². The van der Waals surface area contributed by atoms with E-state index in [1.807, 2.05) is 0 Å². The van der Waals surface area contributed by atoms with E-state index in [0.717, 1.165) is 25.6 Å². The molecule has 3 rings (SSSR count). The highest BCUT2D eigenvalue weighted by molar-refractivity contribution is 5.20. The fourth-order valence-electron chi connectivity index (χ4n) is 3.07. The SMILES string of the molecule is Fc1ccc(CC2CC3(CNC3)C2)c(F)c1. The molecule has 1 aromatic rings. The number of halogens is 2. The van der Waals surface area contributed by atoms with E-state index in [9.17, 15) is 8.78 Å². The van der Waals surface area contributed by atoms with E-state index in [1.54, 1.807) is 6.07 Å². The Hall–Kier alpha value is -0.960. The monoisotopic (exact) mass is 223 g/mol. The van der Waals surface area contributed by atoms with Crippen LogP contribution in [0.2, 0.25) is 0 Å². The van der Waals surface area contributed by atoms with E-state index in [4.69, 9.17) is 0 Å². The molecule has 2 aliphatic rings. The molecule has 1 nitrogen and oxygen atoms in total. The second-order valence-corrected chi connectivity index (χ2v) is 5.32. The molecule has 0 bridgehead atoms. The quantitative estimate of drug-likeness (QED) is 0.812. The van der Waals surface area contributed by atoms with Gasteiger partial charge in [-0.05, 0) is 42.2 Å². The molecule has 1 heterocycles. The van der Waals surface area contributed by atoms with Gasteiger partial charge in [-0.15, -0.1) is 0 Å². The second-order valence-electron chi connectivity index (χ2n) is 5.32. The van der Waals surface area contributed by atoms with Crippen LogP contribution in [0.3, 0.4) is 0 Å². The summed E-state index contributed by atoms with van der Waals surface area (Å²) < 4.78 is 26.1. The zero-order valence-electron chi connectivity index (χ0n) is 9.10. The van der Waals surface area contributed by atoms with Crippen LogP contribution in [0.1, 0.15) is 18.4 Å². The van der Waals surface area contributed by atoms with Crippen molar-refractivity contribution in [3.63, 3.8) is 0 Å². The van der Waals surface area contributed by atoms with Gasteiger partial charge in [0.15, 0.2) is 0 Å². The Morgan fingerprint density at radius 2 is 2.00 bits per heavy atom. The first-order valence-electron chi connectivity index (χ1n) is 5.82. The van der Waals surface area contributed by atoms with Crippen LogP contribution in [0.4, 0.5) is 8.78 Å². The summed E-state index contributed by atoms with van der Waals surface area (Å²) in [4.78, 5) is 0. The predicted molar refractivity (Wildman–Crippen MR) is 58.1 cm³/mol. The summed E-state index contributed by atoms with van der Waals surface area (Å²) in [5.74, 6) is -0.302. The lowest BCUT2D eigenvalue weighted by Crippen LogP contribution is -2.60. The third-order valence-electron chi connectivity index (χ3n) is 3.97. The lowest BCUT2D eigenvalue weighted by atomic mass is 9.57. The molecule has 0 amide bonds. The molecule has 0 unspecified atom stereocenters. The van der Waals surface area contributed by atoms with Crippen molar-refractivity contribution in [1.82, 2.24) is 5.32 Å². The largest absolute Gasteiger partial charge is 0.316 e. The van der Waals surface area contributed by atoms with E-state index < -0.39 is 11.6 Å². The highest BCUT2D eigenvalue weighted by atomic mass is 19.1. The zero-order valence-corrected chi connectivity index (χ0v) is 9.10. The maximum atomic E-state index is 13.4. The Balaban J connectivity index is 1.62. The molecular weight excluding hydrogens is 208 g/mol. The zero-order chi connectivity index (χ0) is 11.2. The summed E-state index contributed by atoms with van der Waals surface area (Å²) in [5.41, 5.74) is 1.19. The first kappa shape index (κ1) is 10.2. The van der Waals surface area contributed by atoms with Gasteiger partial charge in [-0.3, -0.25) is 0 Å². The van der Waals surface area contributed by atoms with Crippen LogP contribution in [-0.2, 0) is 6.42 Å². The lowest BCUT2D eigenvalue weighted by Gasteiger charge is -2.54. The summed E-state index contributed by atoms with van der Waals surface area (Å²) in [6, 6.07) is 3.90. The molecule has 1 aliphatic carbocycles. The van der Waals surface area contributed by atoms with Crippen molar-refractivity contribution in [2.24, 2.45) is 11.3 Å². The standard InChI is InChI=1S/C13H15F2N/c14-11-2-1-10(12(15)4-11)3-9-5-13(6-9)7-16-8-13/h1-2,4,9,16H,3,5-8H2. The van der Waals surface area contributed by atoms with Gasteiger partial charge in [-0.2, -0.15) is 0 Å². The van der Waals surface area contributed by atoms with E-state index in [0.29, 0.717) is 16.9 Å². The summed E-state index contributed by atoms with van der Waals surface area (Å²) in [6.07, 6.45) is 3.14. The molecule has 1 aliphatic heterocycles. The third-order valence-corrected chi connectivity index (χ3v) is 3.97. The first-order chi connectivity index (χ1) is 7.67. The van der Waals surface area contributed by atoms with Crippen molar-refractivity contribution >= 4 is 0 Å². The number of rotatable bonds is 2. The van der Waals surface area contributed by atoms with Crippen LogP contribution in [0.5, 0.6) is 0 Å². The van der Waals surface area contributed by atoms with Crippen LogP contribution in [0.15, 0.2) is 18.2 Å². The molecule has 2 fully saturated rings. The highest BCUT2D eigenvalue weighted by Gasteiger charge is 2.47. The number of hydrogen-bond acceptors (Lipinski definition) is 1. The van der Waals surface area contributed by atoms with Crippen LogP contribution in [0.25, 0.3) is 0 Å². The molecule has 86 valence electrons. The molecule has 1 N–H and O–H groups in total. The Morgan fingerprint density at radius 1 is 1.25 bits per heavy atom.